The van der Waals surface area contributed by atoms with Crippen LogP contribution in [-0.4, -0.2) is 19.0 Å². The Morgan fingerprint density at radius 1 is 1.53 bits per heavy atom. The van der Waals surface area contributed by atoms with Gasteiger partial charge in [0.1, 0.15) is 0 Å². The molecule has 0 radical (unpaired) electrons. The number of carbonyl (C=O) groups excluding carboxylic acids is 1. The molecule has 0 heterocycles. The van der Waals surface area contributed by atoms with Gasteiger partial charge in [-0.3, -0.25) is 4.79 Å². The summed E-state index contributed by atoms with van der Waals surface area (Å²) in [7, 11) is 0. The first-order valence-electron chi connectivity index (χ1n) is 5.48. The molecule has 15 heavy (non-hydrogen) atoms. The lowest BCUT2D eigenvalue weighted by Gasteiger charge is -2.21. The average Bonchev–Trinajstić information content (AvgIpc) is 2.66. The minimum Gasteiger partial charge on any atom is -0.356 e. The number of amides is 1. The summed E-state index contributed by atoms with van der Waals surface area (Å²) in [6.45, 7) is 3.09. The lowest BCUT2D eigenvalue weighted by Crippen LogP contribution is -2.37. The van der Waals surface area contributed by atoms with Crippen molar-refractivity contribution >= 4 is 5.91 Å². The van der Waals surface area contributed by atoms with E-state index in [4.69, 9.17) is 5.53 Å². The Labute approximate surface area is 89.9 Å². The maximum Gasteiger partial charge on any atom is 0.225 e. The molecule has 1 aliphatic rings. The van der Waals surface area contributed by atoms with Gasteiger partial charge in [-0.05, 0) is 24.8 Å². The van der Waals surface area contributed by atoms with Crippen LogP contribution in [0.2, 0.25) is 0 Å². The highest BCUT2D eigenvalue weighted by Crippen LogP contribution is 2.37. The fourth-order valence-corrected chi connectivity index (χ4v) is 1.99. The van der Waals surface area contributed by atoms with Crippen LogP contribution in [0.1, 0.15) is 39.0 Å². The van der Waals surface area contributed by atoms with Gasteiger partial charge in [-0.1, -0.05) is 24.9 Å². The molecule has 1 amide bonds. The topological polar surface area (TPSA) is 77.9 Å². The Morgan fingerprint density at radius 2 is 2.20 bits per heavy atom. The average molecular weight is 210 g/mol. The summed E-state index contributed by atoms with van der Waals surface area (Å²) in [5, 5.41) is 6.31. The Morgan fingerprint density at radius 3 is 2.80 bits per heavy atom. The van der Waals surface area contributed by atoms with Crippen LogP contribution in [-0.2, 0) is 4.79 Å². The Hall–Kier alpha value is -1.22. The molecule has 0 bridgehead atoms. The molecule has 0 saturated heterocycles. The molecular weight excluding hydrogens is 192 g/mol. The van der Waals surface area contributed by atoms with Gasteiger partial charge in [0.15, 0.2) is 0 Å². The Kier molecular flexibility index (Phi) is 4.43. The molecule has 84 valence electrons. The summed E-state index contributed by atoms with van der Waals surface area (Å²) in [6.07, 6.45) is 5.02. The molecule has 5 nitrogen and oxygen atoms in total. The highest BCUT2D eigenvalue weighted by Gasteiger charge is 2.35. The summed E-state index contributed by atoms with van der Waals surface area (Å²) in [5.74, 6) is 0.154. The molecule has 1 rings (SSSR count). The molecule has 1 N–H and O–H groups in total. The van der Waals surface area contributed by atoms with Crippen molar-refractivity contribution in [2.24, 2.45) is 10.5 Å². The second-order valence-electron chi connectivity index (χ2n) is 4.33. The van der Waals surface area contributed by atoms with E-state index in [1.165, 1.54) is 0 Å². The molecule has 0 aromatic carbocycles. The molecule has 0 unspecified atom stereocenters. The number of hydrogen-bond donors (Lipinski definition) is 1. The number of azide groups is 1. The van der Waals surface area contributed by atoms with Crippen LogP contribution in [0.5, 0.6) is 0 Å². The summed E-state index contributed by atoms with van der Waals surface area (Å²) in [4.78, 5) is 14.4. The first-order chi connectivity index (χ1) is 7.19. The van der Waals surface area contributed by atoms with Crippen LogP contribution < -0.4 is 5.32 Å². The predicted octanol–water partition coefficient (Wildman–Crippen LogP) is 2.38. The van der Waals surface area contributed by atoms with E-state index >= 15 is 0 Å². The molecule has 0 spiro atoms. The van der Waals surface area contributed by atoms with Gasteiger partial charge < -0.3 is 5.32 Å². The molecule has 1 saturated carbocycles. The predicted molar refractivity (Wildman–Crippen MR) is 58.2 cm³/mol. The van der Waals surface area contributed by atoms with Gasteiger partial charge in [-0.15, -0.1) is 0 Å². The third-order valence-corrected chi connectivity index (χ3v) is 3.04. The largest absolute Gasteiger partial charge is 0.356 e. The van der Waals surface area contributed by atoms with Gasteiger partial charge in [0.2, 0.25) is 5.91 Å². The van der Waals surface area contributed by atoms with Crippen molar-refractivity contribution in [2.45, 2.75) is 39.0 Å². The molecule has 0 aliphatic heterocycles. The molecule has 1 aliphatic carbocycles. The van der Waals surface area contributed by atoms with Crippen LogP contribution in [0.25, 0.3) is 10.4 Å². The minimum atomic E-state index is -0.154. The second kappa shape index (κ2) is 5.61. The first kappa shape index (κ1) is 11.9. The van der Waals surface area contributed by atoms with Gasteiger partial charge in [0.05, 0.1) is 0 Å². The van der Waals surface area contributed by atoms with Gasteiger partial charge >= 0.3 is 0 Å². The van der Waals surface area contributed by atoms with E-state index in [2.05, 4.69) is 15.3 Å². The van der Waals surface area contributed by atoms with Gasteiger partial charge in [0.25, 0.3) is 0 Å². The van der Waals surface area contributed by atoms with E-state index in [-0.39, 0.29) is 11.3 Å². The fraction of sp³-hybridized carbons (Fsp3) is 0.900. The monoisotopic (exact) mass is 210 g/mol. The lowest BCUT2D eigenvalue weighted by molar-refractivity contribution is -0.129. The zero-order chi connectivity index (χ0) is 11.1. The number of hydrogen-bond acceptors (Lipinski definition) is 2. The summed E-state index contributed by atoms with van der Waals surface area (Å²) in [5.41, 5.74) is 7.91. The smallest absolute Gasteiger partial charge is 0.225 e. The SMILES string of the molecule is CC1(C(=O)NCCCN=[N+]=[N-])CCCC1. The Bertz CT molecular complexity index is 265. The van der Waals surface area contributed by atoms with E-state index in [1.807, 2.05) is 6.92 Å². The quantitative estimate of drug-likeness (QED) is 0.321. The number of nitrogens with zero attached hydrogens (tertiary/aromatic N) is 3. The van der Waals surface area contributed by atoms with Gasteiger partial charge in [0, 0.05) is 23.4 Å². The second-order valence-corrected chi connectivity index (χ2v) is 4.33. The normalized spacial score (nSPS) is 18.2. The van der Waals surface area contributed by atoms with Crippen molar-refractivity contribution in [1.29, 1.82) is 0 Å². The minimum absolute atomic E-state index is 0.154. The summed E-state index contributed by atoms with van der Waals surface area (Å²) >= 11 is 0. The fourth-order valence-electron chi connectivity index (χ4n) is 1.99. The van der Waals surface area contributed by atoms with Crippen molar-refractivity contribution in [3.63, 3.8) is 0 Å². The van der Waals surface area contributed by atoms with Crippen molar-refractivity contribution in [1.82, 2.24) is 5.32 Å². The van der Waals surface area contributed by atoms with E-state index in [0.717, 1.165) is 25.7 Å². The van der Waals surface area contributed by atoms with Crippen molar-refractivity contribution in [3.8, 4) is 0 Å². The van der Waals surface area contributed by atoms with Crippen molar-refractivity contribution in [3.05, 3.63) is 10.4 Å². The molecular formula is C10H18N4O. The zero-order valence-corrected chi connectivity index (χ0v) is 9.20. The lowest BCUT2D eigenvalue weighted by atomic mass is 9.88. The highest BCUT2D eigenvalue weighted by atomic mass is 16.2. The van der Waals surface area contributed by atoms with Crippen molar-refractivity contribution in [2.75, 3.05) is 13.1 Å². The van der Waals surface area contributed by atoms with Gasteiger partial charge in [-0.2, -0.15) is 0 Å². The van der Waals surface area contributed by atoms with E-state index < -0.39 is 0 Å². The van der Waals surface area contributed by atoms with Crippen LogP contribution in [0.4, 0.5) is 0 Å². The maximum atomic E-state index is 11.8. The first-order valence-corrected chi connectivity index (χ1v) is 5.48. The zero-order valence-electron chi connectivity index (χ0n) is 9.20. The highest BCUT2D eigenvalue weighted by molar-refractivity contribution is 5.82. The van der Waals surface area contributed by atoms with E-state index in [1.54, 1.807) is 0 Å². The van der Waals surface area contributed by atoms with E-state index in [0.29, 0.717) is 19.5 Å². The molecule has 1 fully saturated rings. The maximum absolute atomic E-state index is 11.8. The number of rotatable bonds is 5. The van der Waals surface area contributed by atoms with Crippen LogP contribution in [0.3, 0.4) is 0 Å². The van der Waals surface area contributed by atoms with Crippen LogP contribution >= 0.6 is 0 Å². The third-order valence-electron chi connectivity index (χ3n) is 3.04. The molecule has 0 atom stereocenters. The molecule has 0 aromatic rings. The molecule has 5 heteroatoms. The van der Waals surface area contributed by atoms with Crippen LogP contribution in [0, 0.1) is 5.41 Å². The Balaban J connectivity index is 2.20. The van der Waals surface area contributed by atoms with Gasteiger partial charge in [-0.25, -0.2) is 0 Å². The number of carbonyl (C=O) groups is 1. The third kappa shape index (κ3) is 3.44. The molecule has 0 aromatic heterocycles. The number of nitrogens with one attached hydrogen (secondary N) is 1. The van der Waals surface area contributed by atoms with E-state index in [9.17, 15) is 4.79 Å². The van der Waals surface area contributed by atoms with Crippen LogP contribution in [0.15, 0.2) is 5.11 Å². The summed E-state index contributed by atoms with van der Waals surface area (Å²) < 4.78 is 0. The van der Waals surface area contributed by atoms with Crippen molar-refractivity contribution < 1.29 is 4.79 Å². The standard InChI is InChI=1S/C10H18N4O/c1-10(5-2-3-6-10)9(15)12-7-4-8-13-14-11/h2-8H2,1H3,(H,12,15). The summed E-state index contributed by atoms with van der Waals surface area (Å²) in [6, 6.07) is 0.